The standard InChI is InChI=1S/C19H23NOS/c1-3-21-18-12-8-7-11-17(18)19-20(13-15(2)22-19)14-16-9-5-4-6-10-16/h4-12,15,19H,3,13-14H2,1-2H3. The Hall–Kier alpha value is -1.45. The molecule has 2 nitrogen and oxygen atoms in total. The number of rotatable bonds is 5. The topological polar surface area (TPSA) is 12.5 Å². The molecule has 116 valence electrons. The summed E-state index contributed by atoms with van der Waals surface area (Å²) in [5.41, 5.74) is 2.67. The van der Waals surface area contributed by atoms with E-state index in [1.54, 1.807) is 0 Å². The van der Waals surface area contributed by atoms with Crippen molar-refractivity contribution in [2.75, 3.05) is 13.2 Å². The van der Waals surface area contributed by atoms with Crippen LogP contribution in [0.2, 0.25) is 0 Å². The second-order valence-corrected chi connectivity index (χ2v) is 7.21. The molecule has 22 heavy (non-hydrogen) atoms. The lowest BCUT2D eigenvalue weighted by Crippen LogP contribution is -2.24. The van der Waals surface area contributed by atoms with Crippen LogP contribution in [0, 0.1) is 0 Å². The highest BCUT2D eigenvalue weighted by molar-refractivity contribution is 8.00. The van der Waals surface area contributed by atoms with Crippen LogP contribution in [0.4, 0.5) is 0 Å². The first kappa shape index (κ1) is 15.4. The average molecular weight is 313 g/mol. The number of hydrogen-bond donors (Lipinski definition) is 0. The van der Waals surface area contributed by atoms with Gasteiger partial charge < -0.3 is 4.74 Å². The Morgan fingerprint density at radius 2 is 1.82 bits per heavy atom. The maximum atomic E-state index is 5.84. The predicted molar refractivity (Wildman–Crippen MR) is 94.3 cm³/mol. The molecule has 0 N–H and O–H groups in total. The van der Waals surface area contributed by atoms with Crippen LogP contribution >= 0.6 is 11.8 Å². The van der Waals surface area contributed by atoms with Gasteiger partial charge in [-0.05, 0) is 18.6 Å². The Morgan fingerprint density at radius 3 is 2.59 bits per heavy atom. The summed E-state index contributed by atoms with van der Waals surface area (Å²) in [6.45, 7) is 7.17. The molecule has 3 rings (SSSR count). The zero-order valence-electron chi connectivity index (χ0n) is 13.2. The van der Waals surface area contributed by atoms with Crippen molar-refractivity contribution in [3.8, 4) is 5.75 Å². The molecule has 1 fully saturated rings. The van der Waals surface area contributed by atoms with Gasteiger partial charge in [-0.25, -0.2) is 0 Å². The number of hydrogen-bond acceptors (Lipinski definition) is 3. The first-order valence-electron chi connectivity index (χ1n) is 7.93. The van der Waals surface area contributed by atoms with Crippen molar-refractivity contribution >= 4 is 11.8 Å². The number of benzene rings is 2. The van der Waals surface area contributed by atoms with Gasteiger partial charge in [0.15, 0.2) is 0 Å². The number of thioether (sulfide) groups is 1. The smallest absolute Gasteiger partial charge is 0.124 e. The highest BCUT2D eigenvalue weighted by atomic mass is 32.2. The molecular formula is C19H23NOS. The first-order valence-corrected chi connectivity index (χ1v) is 8.87. The molecule has 2 aromatic rings. The molecule has 0 amide bonds. The van der Waals surface area contributed by atoms with E-state index >= 15 is 0 Å². The molecule has 0 bridgehead atoms. The Bertz CT molecular complexity index is 601. The lowest BCUT2D eigenvalue weighted by atomic mass is 10.1. The molecule has 3 heteroatoms. The summed E-state index contributed by atoms with van der Waals surface area (Å²) in [5.74, 6) is 1.02. The zero-order chi connectivity index (χ0) is 15.4. The van der Waals surface area contributed by atoms with Crippen molar-refractivity contribution in [3.63, 3.8) is 0 Å². The minimum Gasteiger partial charge on any atom is -0.494 e. The molecule has 0 aliphatic carbocycles. The highest BCUT2D eigenvalue weighted by Gasteiger charge is 2.33. The van der Waals surface area contributed by atoms with E-state index in [0.29, 0.717) is 17.2 Å². The van der Waals surface area contributed by atoms with Crippen molar-refractivity contribution in [1.82, 2.24) is 4.90 Å². The molecule has 1 aliphatic rings. The molecule has 1 heterocycles. The van der Waals surface area contributed by atoms with E-state index < -0.39 is 0 Å². The molecular weight excluding hydrogens is 290 g/mol. The van der Waals surface area contributed by atoms with E-state index in [-0.39, 0.29) is 0 Å². The van der Waals surface area contributed by atoms with Gasteiger partial charge in [-0.15, -0.1) is 11.8 Å². The van der Waals surface area contributed by atoms with E-state index in [2.05, 4.69) is 66.4 Å². The van der Waals surface area contributed by atoms with Crippen LogP contribution in [0.15, 0.2) is 54.6 Å². The summed E-state index contributed by atoms with van der Waals surface area (Å²) in [6, 6.07) is 19.2. The van der Waals surface area contributed by atoms with Gasteiger partial charge in [-0.2, -0.15) is 0 Å². The summed E-state index contributed by atoms with van der Waals surface area (Å²) in [7, 11) is 0. The molecule has 0 aromatic heterocycles. The Morgan fingerprint density at radius 1 is 1.09 bits per heavy atom. The fourth-order valence-corrected chi connectivity index (χ4v) is 4.37. The molecule has 0 spiro atoms. The fraction of sp³-hybridized carbons (Fsp3) is 0.368. The third-order valence-electron chi connectivity index (χ3n) is 3.90. The van der Waals surface area contributed by atoms with Crippen LogP contribution in [-0.4, -0.2) is 23.3 Å². The molecule has 0 radical (unpaired) electrons. The van der Waals surface area contributed by atoms with Crippen molar-refractivity contribution in [1.29, 1.82) is 0 Å². The Kier molecular flexibility index (Phi) is 5.06. The van der Waals surface area contributed by atoms with Crippen LogP contribution in [0.3, 0.4) is 0 Å². The maximum Gasteiger partial charge on any atom is 0.124 e. The Labute approximate surface area is 137 Å². The second kappa shape index (κ2) is 7.21. The van der Waals surface area contributed by atoms with Gasteiger partial charge in [0.2, 0.25) is 0 Å². The number of para-hydroxylation sites is 1. The van der Waals surface area contributed by atoms with Gasteiger partial charge in [-0.1, -0.05) is 55.5 Å². The summed E-state index contributed by atoms with van der Waals surface area (Å²) >= 11 is 2.03. The molecule has 2 atom stereocenters. The van der Waals surface area contributed by atoms with Gasteiger partial charge in [0, 0.05) is 23.9 Å². The third kappa shape index (κ3) is 3.47. The zero-order valence-corrected chi connectivity index (χ0v) is 14.1. The van der Waals surface area contributed by atoms with Crippen molar-refractivity contribution in [3.05, 3.63) is 65.7 Å². The van der Waals surface area contributed by atoms with E-state index in [1.807, 2.05) is 18.7 Å². The minimum absolute atomic E-state index is 0.373. The molecule has 2 unspecified atom stereocenters. The maximum absolute atomic E-state index is 5.84. The Balaban J connectivity index is 1.84. The van der Waals surface area contributed by atoms with Crippen molar-refractivity contribution in [2.45, 2.75) is 31.0 Å². The highest BCUT2D eigenvalue weighted by Crippen LogP contribution is 2.45. The summed E-state index contributed by atoms with van der Waals surface area (Å²) in [5, 5.41) is 1.02. The van der Waals surface area contributed by atoms with Gasteiger partial charge in [0.05, 0.1) is 12.0 Å². The number of ether oxygens (including phenoxy) is 1. The van der Waals surface area contributed by atoms with Crippen molar-refractivity contribution < 1.29 is 4.74 Å². The van der Waals surface area contributed by atoms with Crippen molar-refractivity contribution in [2.24, 2.45) is 0 Å². The fourth-order valence-electron chi connectivity index (χ4n) is 2.98. The summed E-state index contributed by atoms with van der Waals surface area (Å²) < 4.78 is 5.84. The quantitative estimate of drug-likeness (QED) is 0.792. The molecule has 2 aromatic carbocycles. The van der Waals surface area contributed by atoms with Gasteiger partial charge in [-0.3, -0.25) is 4.90 Å². The van der Waals surface area contributed by atoms with Crippen LogP contribution in [0.25, 0.3) is 0 Å². The summed E-state index contributed by atoms with van der Waals surface area (Å²) in [6.07, 6.45) is 0. The van der Waals surface area contributed by atoms with Gasteiger partial charge in [0.1, 0.15) is 5.75 Å². The number of nitrogens with zero attached hydrogens (tertiary/aromatic N) is 1. The molecule has 1 aliphatic heterocycles. The van der Waals surface area contributed by atoms with E-state index in [1.165, 1.54) is 11.1 Å². The van der Waals surface area contributed by atoms with Crippen LogP contribution in [-0.2, 0) is 6.54 Å². The molecule has 0 saturated carbocycles. The van der Waals surface area contributed by atoms with Crippen LogP contribution in [0.1, 0.15) is 30.3 Å². The van der Waals surface area contributed by atoms with E-state index in [0.717, 1.165) is 18.8 Å². The minimum atomic E-state index is 0.373. The van der Waals surface area contributed by atoms with E-state index in [4.69, 9.17) is 4.74 Å². The third-order valence-corrected chi connectivity index (χ3v) is 5.32. The molecule has 1 saturated heterocycles. The van der Waals surface area contributed by atoms with Crippen LogP contribution in [0.5, 0.6) is 5.75 Å². The second-order valence-electron chi connectivity index (χ2n) is 5.68. The summed E-state index contributed by atoms with van der Waals surface area (Å²) in [4.78, 5) is 2.56. The largest absolute Gasteiger partial charge is 0.494 e. The van der Waals surface area contributed by atoms with E-state index in [9.17, 15) is 0 Å². The SMILES string of the molecule is CCOc1ccccc1C1SC(C)CN1Cc1ccccc1. The van der Waals surface area contributed by atoms with Crippen LogP contribution < -0.4 is 4.74 Å². The lowest BCUT2D eigenvalue weighted by molar-refractivity contribution is 0.263. The lowest BCUT2D eigenvalue weighted by Gasteiger charge is -2.25. The predicted octanol–water partition coefficient (Wildman–Crippen LogP) is 4.72. The average Bonchev–Trinajstić information content (AvgIpc) is 2.89. The monoisotopic (exact) mass is 313 g/mol. The van der Waals surface area contributed by atoms with Gasteiger partial charge in [0.25, 0.3) is 0 Å². The van der Waals surface area contributed by atoms with Gasteiger partial charge >= 0.3 is 0 Å². The normalized spacial score (nSPS) is 21.9. The first-order chi connectivity index (χ1) is 10.8.